The SMILES string of the molecule is CNCC(C)S(=O)(=O)C(C)C(C)C. The fraction of sp³-hybridized carbons (Fsp3) is 1.00. The molecule has 0 saturated carbocycles. The van der Waals surface area contributed by atoms with Gasteiger partial charge in [-0.15, -0.1) is 0 Å². The molecule has 0 fully saturated rings. The minimum atomic E-state index is -2.96. The summed E-state index contributed by atoms with van der Waals surface area (Å²) in [5.41, 5.74) is 0. The largest absolute Gasteiger partial charge is 0.318 e. The molecule has 0 bridgehead atoms. The Morgan fingerprint density at radius 2 is 1.62 bits per heavy atom. The van der Waals surface area contributed by atoms with Gasteiger partial charge in [0, 0.05) is 6.54 Å². The van der Waals surface area contributed by atoms with E-state index in [0.717, 1.165) is 0 Å². The minimum absolute atomic E-state index is 0.185. The zero-order chi connectivity index (χ0) is 10.6. The predicted molar refractivity (Wildman–Crippen MR) is 56.6 cm³/mol. The maximum Gasteiger partial charge on any atom is 0.156 e. The number of nitrogens with one attached hydrogen (secondary N) is 1. The van der Waals surface area contributed by atoms with E-state index in [1.165, 1.54) is 0 Å². The molecule has 4 heteroatoms. The molecule has 0 heterocycles. The average molecular weight is 207 g/mol. The van der Waals surface area contributed by atoms with Gasteiger partial charge in [0.1, 0.15) is 0 Å². The third kappa shape index (κ3) is 3.27. The summed E-state index contributed by atoms with van der Waals surface area (Å²) in [6, 6.07) is 0. The van der Waals surface area contributed by atoms with E-state index in [1.807, 2.05) is 13.8 Å². The number of rotatable bonds is 5. The first-order valence-electron chi connectivity index (χ1n) is 4.71. The van der Waals surface area contributed by atoms with Gasteiger partial charge in [-0.05, 0) is 26.8 Å². The Morgan fingerprint density at radius 1 is 1.15 bits per heavy atom. The second kappa shape index (κ2) is 4.96. The maximum atomic E-state index is 11.8. The van der Waals surface area contributed by atoms with Crippen LogP contribution < -0.4 is 5.32 Å². The van der Waals surface area contributed by atoms with Crippen LogP contribution in [0.1, 0.15) is 27.7 Å². The van der Waals surface area contributed by atoms with E-state index >= 15 is 0 Å². The molecule has 80 valence electrons. The van der Waals surface area contributed by atoms with E-state index < -0.39 is 9.84 Å². The lowest BCUT2D eigenvalue weighted by Gasteiger charge is -2.21. The summed E-state index contributed by atoms with van der Waals surface area (Å²) in [6.07, 6.45) is 0. The summed E-state index contributed by atoms with van der Waals surface area (Å²) >= 11 is 0. The van der Waals surface area contributed by atoms with E-state index in [0.29, 0.717) is 6.54 Å². The lowest BCUT2D eigenvalue weighted by atomic mass is 10.2. The average Bonchev–Trinajstić information content (AvgIpc) is 2.03. The molecule has 13 heavy (non-hydrogen) atoms. The zero-order valence-corrected chi connectivity index (χ0v) is 9.98. The Labute approximate surface area is 81.8 Å². The van der Waals surface area contributed by atoms with Crippen LogP contribution in [0.2, 0.25) is 0 Å². The summed E-state index contributed by atoms with van der Waals surface area (Å²) in [4.78, 5) is 0. The van der Waals surface area contributed by atoms with Crippen molar-refractivity contribution in [2.75, 3.05) is 13.6 Å². The molecule has 0 aromatic rings. The fourth-order valence-corrected chi connectivity index (χ4v) is 3.04. The van der Waals surface area contributed by atoms with Crippen molar-refractivity contribution in [1.82, 2.24) is 5.32 Å². The monoisotopic (exact) mass is 207 g/mol. The van der Waals surface area contributed by atoms with Crippen LogP contribution in [0.5, 0.6) is 0 Å². The summed E-state index contributed by atoms with van der Waals surface area (Å²) < 4.78 is 23.6. The van der Waals surface area contributed by atoms with Gasteiger partial charge in [0.05, 0.1) is 10.5 Å². The molecule has 3 nitrogen and oxygen atoms in total. The Morgan fingerprint density at radius 3 is 1.92 bits per heavy atom. The Balaban J connectivity index is 4.56. The van der Waals surface area contributed by atoms with Gasteiger partial charge >= 0.3 is 0 Å². The van der Waals surface area contributed by atoms with Crippen LogP contribution in [0.3, 0.4) is 0 Å². The molecule has 0 aliphatic rings. The molecule has 0 radical (unpaired) electrons. The normalized spacial score (nSPS) is 17.4. The Bertz CT molecular complexity index is 234. The Kier molecular flexibility index (Phi) is 4.92. The van der Waals surface area contributed by atoms with Gasteiger partial charge in [0.2, 0.25) is 0 Å². The molecule has 0 spiro atoms. The van der Waals surface area contributed by atoms with Gasteiger partial charge < -0.3 is 5.32 Å². The van der Waals surface area contributed by atoms with E-state index in [-0.39, 0.29) is 16.4 Å². The molecule has 0 aromatic carbocycles. The standard InChI is InChI=1S/C9H21NO2S/c1-7(2)9(4)13(11,12)8(3)6-10-5/h7-10H,6H2,1-5H3. The third-order valence-corrected chi connectivity index (χ3v) is 5.38. The van der Waals surface area contributed by atoms with Crippen LogP contribution in [0.4, 0.5) is 0 Å². The van der Waals surface area contributed by atoms with Crippen molar-refractivity contribution >= 4 is 9.84 Å². The summed E-state index contributed by atoms with van der Waals surface area (Å²) in [6.45, 7) is 7.94. The fourth-order valence-electron chi connectivity index (χ4n) is 1.15. The lowest BCUT2D eigenvalue weighted by molar-refractivity contribution is 0.532. The van der Waals surface area contributed by atoms with Gasteiger partial charge in [0.25, 0.3) is 0 Å². The predicted octanol–water partition coefficient (Wildman–Crippen LogP) is 1.05. The van der Waals surface area contributed by atoms with Crippen molar-refractivity contribution < 1.29 is 8.42 Å². The highest BCUT2D eigenvalue weighted by Crippen LogP contribution is 2.16. The van der Waals surface area contributed by atoms with Crippen LogP contribution in [0, 0.1) is 5.92 Å². The zero-order valence-electron chi connectivity index (χ0n) is 9.16. The molecule has 0 rings (SSSR count). The highest BCUT2D eigenvalue weighted by atomic mass is 32.2. The molecule has 0 amide bonds. The van der Waals surface area contributed by atoms with E-state index in [1.54, 1.807) is 20.9 Å². The van der Waals surface area contributed by atoms with Crippen molar-refractivity contribution in [3.63, 3.8) is 0 Å². The molecule has 2 atom stereocenters. The van der Waals surface area contributed by atoms with Crippen molar-refractivity contribution in [1.29, 1.82) is 0 Å². The minimum Gasteiger partial charge on any atom is -0.318 e. The van der Waals surface area contributed by atoms with E-state index in [4.69, 9.17) is 0 Å². The summed E-state index contributed by atoms with van der Waals surface area (Å²) in [5, 5.41) is 2.34. The quantitative estimate of drug-likeness (QED) is 0.733. The van der Waals surface area contributed by atoms with Crippen molar-refractivity contribution in [3.05, 3.63) is 0 Å². The number of sulfone groups is 1. The summed E-state index contributed by atoms with van der Waals surface area (Å²) in [5.74, 6) is 0.185. The molecular weight excluding hydrogens is 186 g/mol. The van der Waals surface area contributed by atoms with Crippen LogP contribution >= 0.6 is 0 Å². The first kappa shape index (κ1) is 12.9. The molecule has 0 aliphatic heterocycles. The smallest absolute Gasteiger partial charge is 0.156 e. The van der Waals surface area contributed by atoms with Crippen LogP contribution in [-0.2, 0) is 9.84 Å². The molecular formula is C9H21NO2S. The van der Waals surface area contributed by atoms with Crippen molar-refractivity contribution in [3.8, 4) is 0 Å². The molecule has 2 unspecified atom stereocenters. The second-order valence-corrected chi connectivity index (χ2v) is 6.63. The highest BCUT2D eigenvalue weighted by Gasteiger charge is 2.29. The van der Waals surface area contributed by atoms with Crippen LogP contribution in [0.25, 0.3) is 0 Å². The number of hydrogen-bond donors (Lipinski definition) is 1. The van der Waals surface area contributed by atoms with Crippen molar-refractivity contribution in [2.45, 2.75) is 38.2 Å². The highest BCUT2D eigenvalue weighted by molar-refractivity contribution is 7.92. The lowest BCUT2D eigenvalue weighted by Crippen LogP contribution is -2.37. The second-order valence-electron chi connectivity index (χ2n) is 3.91. The van der Waals surface area contributed by atoms with Gasteiger partial charge in [0.15, 0.2) is 9.84 Å². The number of hydrogen-bond acceptors (Lipinski definition) is 3. The van der Waals surface area contributed by atoms with Crippen LogP contribution in [0.15, 0.2) is 0 Å². The van der Waals surface area contributed by atoms with Gasteiger partial charge in [-0.2, -0.15) is 0 Å². The van der Waals surface area contributed by atoms with Crippen molar-refractivity contribution in [2.24, 2.45) is 5.92 Å². The van der Waals surface area contributed by atoms with E-state index in [9.17, 15) is 8.42 Å². The molecule has 0 aromatic heterocycles. The molecule has 0 saturated heterocycles. The molecule has 1 N–H and O–H groups in total. The third-order valence-electron chi connectivity index (χ3n) is 2.51. The maximum absolute atomic E-state index is 11.8. The molecule has 0 aliphatic carbocycles. The van der Waals surface area contributed by atoms with Crippen LogP contribution in [-0.4, -0.2) is 32.5 Å². The Hall–Kier alpha value is -0.0900. The van der Waals surface area contributed by atoms with Gasteiger partial charge in [-0.1, -0.05) is 13.8 Å². The topological polar surface area (TPSA) is 46.2 Å². The first-order chi connectivity index (χ1) is 5.84. The van der Waals surface area contributed by atoms with Gasteiger partial charge in [-0.3, -0.25) is 0 Å². The first-order valence-corrected chi connectivity index (χ1v) is 6.32. The van der Waals surface area contributed by atoms with E-state index in [2.05, 4.69) is 5.32 Å². The van der Waals surface area contributed by atoms with Gasteiger partial charge in [-0.25, -0.2) is 8.42 Å². The summed E-state index contributed by atoms with van der Waals surface area (Å²) in [7, 11) is -1.19.